The van der Waals surface area contributed by atoms with Crippen LogP contribution in [0, 0.1) is 0 Å². The lowest BCUT2D eigenvalue weighted by Gasteiger charge is -2.19. The molecule has 0 aliphatic heterocycles. The molecule has 0 radical (unpaired) electrons. The largest absolute Gasteiger partial charge is 0.506 e. The number of phenolic OH excluding ortho intramolecular Hbond substituents is 1. The fraction of sp³-hybridized carbons (Fsp3) is 0.0526. The molecule has 3 rings (SSSR count). The van der Waals surface area contributed by atoms with E-state index in [0.29, 0.717) is 5.56 Å². The SMILES string of the molecule is O=C(N[C@@H](c1ccccc1)c1ccccn1)c1ccc(O)c(Cl)c1. The van der Waals surface area contributed by atoms with Gasteiger partial charge in [-0.2, -0.15) is 0 Å². The summed E-state index contributed by atoms with van der Waals surface area (Å²) in [5.41, 5.74) is 2.03. The van der Waals surface area contributed by atoms with Gasteiger partial charge in [0.1, 0.15) is 5.75 Å². The number of halogens is 1. The predicted molar refractivity (Wildman–Crippen MR) is 93.1 cm³/mol. The van der Waals surface area contributed by atoms with E-state index in [9.17, 15) is 9.90 Å². The number of phenols is 1. The molecule has 120 valence electrons. The molecule has 0 aliphatic carbocycles. The van der Waals surface area contributed by atoms with Crippen molar-refractivity contribution < 1.29 is 9.90 Å². The number of nitrogens with one attached hydrogen (secondary N) is 1. The first-order chi connectivity index (χ1) is 11.6. The van der Waals surface area contributed by atoms with Crippen LogP contribution >= 0.6 is 11.6 Å². The van der Waals surface area contributed by atoms with Gasteiger partial charge in [-0.1, -0.05) is 48.0 Å². The molecule has 0 unspecified atom stereocenters. The van der Waals surface area contributed by atoms with E-state index in [2.05, 4.69) is 10.3 Å². The van der Waals surface area contributed by atoms with Crippen molar-refractivity contribution in [3.05, 3.63) is 94.8 Å². The summed E-state index contributed by atoms with van der Waals surface area (Å²) in [4.78, 5) is 16.9. The zero-order valence-electron chi connectivity index (χ0n) is 12.7. The maximum Gasteiger partial charge on any atom is 0.252 e. The van der Waals surface area contributed by atoms with Gasteiger partial charge in [0.15, 0.2) is 0 Å². The number of nitrogens with zero attached hydrogens (tertiary/aromatic N) is 1. The Kier molecular flexibility index (Phi) is 4.77. The third kappa shape index (κ3) is 3.55. The van der Waals surface area contributed by atoms with Crippen molar-refractivity contribution in [3.63, 3.8) is 0 Å². The Morgan fingerprint density at radius 1 is 1.04 bits per heavy atom. The summed E-state index contributed by atoms with van der Waals surface area (Å²) in [5, 5.41) is 12.6. The number of aromatic hydroxyl groups is 1. The van der Waals surface area contributed by atoms with E-state index in [1.807, 2.05) is 48.5 Å². The van der Waals surface area contributed by atoms with Crippen molar-refractivity contribution in [2.75, 3.05) is 0 Å². The number of carbonyl (C=O) groups is 1. The van der Waals surface area contributed by atoms with Crippen LogP contribution in [0.2, 0.25) is 5.02 Å². The number of aromatic nitrogens is 1. The minimum Gasteiger partial charge on any atom is -0.506 e. The average molecular weight is 339 g/mol. The molecule has 5 heteroatoms. The van der Waals surface area contributed by atoms with E-state index in [1.165, 1.54) is 18.2 Å². The third-order valence-electron chi connectivity index (χ3n) is 3.60. The molecule has 0 saturated carbocycles. The van der Waals surface area contributed by atoms with Gasteiger partial charge in [0.2, 0.25) is 0 Å². The van der Waals surface area contributed by atoms with Crippen LogP contribution in [0.25, 0.3) is 0 Å². The molecular weight excluding hydrogens is 324 g/mol. The summed E-state index contributed by atoms with van der Waals surface area (Å²) in [6, 6.07) is 19.2. The molecule has 0 saturated heterocycles. The molecule has 24 heavy (non-hydrogen) atoms. The second-order valence-corrected chi connectivity index (χ2v) is 5.65. The maximum absolute atomic E-state index is 12.6. The molecule has 1 aromatic heterocycles. The highest BCUT2D eigenvalue weighted by Gasteiger charge is 2.19. The van der Waals surface area contributed by atoms with Crippen LogP contribution in [-0.2, 0) is 0 Å². The molecular formula is C19H15ClN2O2. The van der Waals surface area contributed by atoms with Crippen molar-refractivity contribution in [1.82, 2.24) is 10.3 Å². The van der Waals surface area contributed by atoms with E-state index in [-0.39, 0.29) is 22.7 Å². The molecule has 2 N–H and O–H groups in total. The molecule has 1 heterocycles. The summed E-state index contributed by atoms with van der Waals surface area (Å²) in [6.07, 6.45) is 1.69. The van der Waals surface area contributed by atoms with Crippen molar-refractivity contribution in [3.8, 4) is 5.75 Å². The summed E-state index contributed by atoms with van der Waals surface area (Å²) in [6.45, 7) is 0. The van der Waals surface area contributed by atoms with Crippen molar-refractivity contribution in [2.24, 2.45) is 0 Å². The number of pyridine rings is 1. The Hall–Kier alpha value is -2.85. The van der Waals surface area contributed by atoms with Crippen LogP contribution in [0.3, 0.4) is 0 Å². The van der Waals surface area contributed by atoms with Gasteiger partial charge in [-0.15, -0.1) is 0 Å². The number of hydrogen-bond donors (Lipinski definition) is 2. The van der Waals surface area contributed by atoms with Crippen LogP contribution in [0.4, 0.5) is 0 Å². The quantitative estimate of drug-likeness (QED) is 0.757. The standard InChI is InChI=1S/C19H15ClN2O2/c20-15-12-14(9-10-17(15)23)19(24)22-18(13-6-2-1-3-7-13)16-8-4-5-11-21-16/h1-12,18,23H,(H,22,24)/t18-/m0/s1. The molecule has 0 spiro atoms. The van der Waals surface area contributed by atoms with E-state index in [4.69, 9.17) is 11.6 Å². The Bertz CT molecular complexity index is 799. The molecule has 4 nitrogen and oxygen atoms in total. The van der Waals surface area contributed by atoms with Gasteiger partial charge in [-0.05, 0) is 35.9 Å². The van der Waals surface area contributed by atoms with Gasteiger partial charge >= 0.3 is 0 Å². The molecule has 0 fully saturated rings. The fourth-order valence-corrected chi connectivity index (χ4v) is 2.56. The minimum absolute atomic E-state index is 0.0578. The average Bonchev–Trinajstić information content (AvgIpc) is 2.63. The zero-order chi connectivity index (χ0) is 16.9. The molecule has 1 atom stereocenters. The number of carbonyl (C=O) groups excluding carboxylic acids is 1. The molecule has 2 aromatic carbocycles. The van der Waals surface area contributed by atoms with Gasteiger partial charge in [-0.3, -0.25) is 9.78 Å². The fourth-order valence-electron chi connectivity index (χ4n) is 2.38. The maximum atomic E-state index is 12.6. The van der Waals surface area contributed by atoms with Crippen LogP contribution in [0.1, 0.15) is 27.7 Å². The monoisotopic (exact) mass is 338 g/mol. The summed E-state index contributed by atoms with van der Waals surface area (Å²) in [5.74, 6) is -0.353. The smallest absolute Gasteiger partial charge is 0.252 e. The van der Waals surface area contributed by atoms with Gasteiger partial charge in [-0.25, -0.2) is 0 Å². The second-order valence-electron chi connectivity index (χ2n) is 5.24. The van der Waals surface area contributed by atoms with Crippen molar-refractivity contribution >= 4 is 17.5 Å². The Morgan fingerprint density at radius 2 is 1.79 bits per heavy atom. The third-order valence-corrected chi connectivity index (χ3v) is 3.90. The van der Waals surface area contributed by atoms with E-state index < -0.39 is 0 Å². The van der Waals surface area contributed by atoms with E-state index in [1.54, 1.807) is 6.20 Å². The highest BCUT2D eigenvalue weighted by atomic mass is 35.5. The Labute approximate surface area is 144 Å². The van der Waals surface area contributed by atoms with Gasteiger partial charge in [0, 0.05) is 11.8 Å². The normalized spacial score (nSPS) is 11.7. The summed E-state index contributed by atoms with van der Waals surface area (Å²) < 4.78 is 0. The minimum atomic E-state index is -0.382. The lowest BCUT2D eigenvalue weighted by Crippen LogP contribution is -2.29. The number of benzene rings is 2. The van der Waals surface area contributed by atoms with Crippen LogP contribution in [-0.4, -0.2) is 16.0 Å². The molecule has 3 aromatic rings. The van der Waals surface area contributed by atoms with Crippen LogP contribution in [0.5, 0.6) is 5.75 Å². The van der Waals surface area contributed by atoms with E-state index >= 15 is 0 Å². The summed E-state index contributed by atoms with van der Waals surface area (Å²) >= 11 is 5.89. The highest BCUT2D eigenvalue weighted by molar-refractivity contribution is 6.32. The number of amides is 1. The lowest BCUT2D eigenvalue weighted by molar-refractivity contribution is 0.0942. The summed E-state index contributed by atoms with van der Waals surface area (Å²) in [7, 11) is 0. The van der Waals surface area contributed by atoms with Crippen molar-refractivity contribution in [2.45, 2.75) is 6.04 Å². The van der Waals surface area contributed by atoms with Gasteiger partial charge in [0.25, 0.3) is 5.91 Å². The van der Waals surface area contributed by atoms with Crippen molar-refractivity contribution in [1.29, 1.82) is 0 Å². The first-order valence-electron chi connectivity index (χ1n) is 7.40. The Balaban J connectivity index is 1.92. The highest BCUT2D eigenvalue weighted by Crippen LogP contribution is 2.25. The van der Waals surface area contributed by atoms with Crippen LogP contribution in [0.15, 0.2) is 72.9 Å². The number of rotatable bonds is 4. The molecule has 0 aliphatic rings. The zero-order valence-corrected chi connectivity index (χ0v) is 13.4. The van der Waals surface area contributed by atoms with Gasteiger partial charge in [0.05, 0.1) is 16.8 Å². The number of hydrogen-bond acceptors (Lipinski definition) is 3. The molecule has 1 amide bonds. The van der Waals surface area contributed by atoms with Crippen LogP contribution < -0.4 is 5.32 Å². The topological polar surface area (TPSA) is 62.2 Å². The van der Waals surface area contributed by atoms with Gasteiger partial charge < -0.3 is 10.4 Å². The van der Waals surface area contributed by atoms with E-state index in [0.717, 1.165) is 11.3 Å². The predicted octanol–water partition coefficient (Wildman–Crippen LogP) is 3.96. The lowest BCUT2D eigenvalue weighted by atomic mass is 10.0. The Morgan fingerprint density at radius 3 is 2.46 bits per heavy atom. The first-order valence-corrected chi connectivity index (χ1v) is 7.78. The first kappa shape index (κ1) is 16.0. The second kappa shape index (κ2) is 7.15. The molecule has 0 bridgehead atoms.